The molecule has 0 bridgehead atoms. The van der Waals surface area contributed by atoms with Gasteiger partial charge >= 0.3 is 0 Å². The van der Waals surface area contributed by atoms with Crippen LogP contribution in [0, 0.1) is 13.8 Å². The topological polar surface area (TPSA) is 84.3 Å². The molecule has 14 aromatic rings. The number of hydrogen-bond donors (Lipinski definition) is 0. The van der Waals surface area contributed by atoms with Gasteiger partial charge in [0.25, 0.3) is 0 Å². The smallest absolute Gasteiger partial charge is 0.227 e. The lowest BCUT2D eigenvalue weighted by atomic mass is 9.92. The number of fused-ring (bicyclic) bond motifs is 3. The van der Waals surface area contributed by atoms with Gasteiger partial charge in [0.15, 0.2) is 11.2 Å². The molecule has 0 unspecified atom stereocenters. The van der Waals surface area contributed by atoms with Crippen LogP contribution in [-0.2, 0) is 0 Å². The first kappa shape index (κ1) is 47.7. The molecule has 0 N–H and O–H groups in total. The first-order valence-corrected chi connectivity index (χ1v) is 26.8. The standard InChI is InChI=1S/C72H50N6O2/c1-47-21-25-49(26-22-47)61-45-65-66(46-62(61)50-27-23-48(2)24-28-50)74-70(52-31-39-58(40-32-52)78(56-15-7-4-8-16-56)60-43-35-54(36-44-60)72-76-64-18-10-12-20-68(64)80-72)69(73-65)51-29-37-57(38-30-51)77(55-13-5-3-6-14-55)59-41-33-53(34-42-59)71-75-63-17-9-11-19-67(63)79-71/h3-46H,1-2H3. The van der Waals surface area contributed by atoms with E-state index in [1.165, 1.54) is 11.1 Å². The third-order valence-corrected chi connectivity index (χ3v) is 14.7. The summed E-state index contributed by atoms with van der Waals surface area (Å²) < 4.78 is 12.3. The van der Waals surface area contributed by atoms with Gasteiger partial charge < -0.3 is 18.6 Å². The summed E-state index contributed by atoms with van der Waals surface area (Å²) in [5, 5.41) is 0. The average Bonchev–Trinajstić information content (AvgIpc) is 4.28. The summed E-state index contributed by atoms with van der Waals surface area (Å²) in [5.74, 6) is 1.18. The van der Waals surface area contributed by atoms with Crippen LogP contribution in [0.3, 0.4) is 0 Å². The van der Waals surface area contributed by atoms with E-state index in [2.05, 4.69) is 230 Å². The molecule has 80 heavy (non-hydrogen) atoms. The van der Waals surface area contributed by atoms with E-state index in [-0.39, 0.29) is 0 Å². The van der Waals surface area contributed by atoms with Gasteiger partial charge in [-0.15, -0.1) is 0 Å². The molecule has 0 radical (unpaired) electrons. The fourth-order valence-electron chi connectivity index (χ4n) is 10.5. The predicted octanol–water partition coefficient (Wildman–Crippen LogP) is 19.5. The highest BCUT2D eigenvalue weighted by atomic mass is 16.4. The lowest BCUT2D eigenvalue weighted by Gasteiger charge is -2.26. The van der Waals surface area contributed by atoms with Crippen LogP contribution in [0.1, 0.15) is 11.1 Å². The van der Waals surface area contributed by atoms with Crippen molar-refractivity contribution >= 4 is 67.4 Å². The molecule has 11 aromatic carbocycles. The molecule has 14 rings (SSSR count). The highest BCUT2D eigenvalue weighted by Crippen LogP contribution is 2.43. The second-order valence-corrected chi connectivity index (χ2v) is 20.0. The van der Waals surface area contributed by atoms with Crippen molar-refractivity contribution in [1.82, 2.24) is 19.9 Å². The zero-order chi connectivity index (χ0) is 53.5. The van der Waals surface area contributed by atoms with Crippen LogP contribution in [0.5, 0.6) is 0 Å². The normalized spacial score (nSPS) is 11.4. The zero-order valence-electron chi connectivity index (χ0n) is 43.9. The summed E-state index contributed by atoms with van der Waals surface area (Å²) >= 11 is 0. The SMILES string of the molecule is Cc1ccc(-c2cc3nc(-c4ccc(N(c5ccccc5)c5ccc(-c6nc7ccccc7o6)cc5)cc4)c(-c4ccc(N(c5ccccc5)c5ccc(-c6nc7ccccc7o6)cc5)cc4)nc3cc2-c2ccc(C)cc2)cc1. The van der Waals surface area contributed by atoms with Gasteiger partial charge in [0, 0.05) is 56.4 Å². The number of benzene rings is 11. The van der Waals surface area contributed by atoms with Gasteiger partial charge in [0.05, 0.1) is 22.4 Å². The van der Waals surface area contributed by atoms with Crippen LogP contribution in [0.4, 0.5) is 34.1 Å². The van der Waals surface area contributed by atoms with Crippen molar-refractivity contribution in [2.24, 2.45) is 0 Å². The third-order valence-electron chi connectivity index (χ3n) is 14.7. The van der Waals surface area contributed by atoms with Gasteiger partial charge in [-0.1, -0.05) is 145 Å². The molecule has 380 valence electrons. The Bertz CT molecular complexity index is 4140. The lowest BCUT2D eigenvalue weighted by molar-refractivity contribution is 0.619. The highest BCUT2D eigenvalue weighted by Gasteiger charge is 2.21. The number of para-hydroxylation sites is 6. The summed E-state index contributed by atoms with van der Waals surface area (Å²) in [5.41, 5.74) is 22.9. The number of oxazole rings is 2. The minimum absolute atomic E-state index is 0.588. The second-order valence-electron chi connectivity index (χ2n) is 20.0. The van der Waals surface area contributed by atoms with Crippen molar-refractivity contribution in [2.75, 3.05) is 9.80 Å². The van der Waals surface area contributed by atoms with E-state index in [1.54, 1.807) is 0 Å². The summed E-state index contributed by atoms with van der Waals surface area (Å²) in [7, 11) is 0. The molecular weight excluding hydrogens is 981 g/mol. The zero-order valence-corrected chi connectivity index (χ0v) is 43.9. The molecular formula is C72H50N6O2. The molecule has 0 spiro atoms. The Hall–Kier alpha value is -10.7. The monoisotopic (exact) mass is 1030 g/mol. The first-order chi connectivity index (χ1) is 39.4. The Balaban J connectivity index is 0.879. The summed E-state index contributed by atoms with van der Waals surface area (Å²) in [6, 6.07) is 92.5. The molecule has 0 saturated carbocycles. The van der Waals surface area contributed by atoms with Crippen LogP contribution in [0.25, 0.3) is 101 Å². The highest BCUT2D eigenvalue weighted by molar-refractivity contribution is 5.96. The molecule has 3 heterocycles. The largest absolute Gasteiger partial charge is 0.436 e. The first-order valence-electron chi connectivity index (χ1n) is 26.8. The molecule has 0 atom stereocenters. The van der Waals surface area contributed by atoms with Gasteiger partial charge in [-0.25, -0.2) is 19.9 Å². The minimum atomic E-state index is 0.588. The van der Waals surface area contributed by atoms with Crippen LogP contribution < -0.4 is 9.80 Å². The maximum absolute atomic E-state index is 6.14. The van der Waals surface area contributed by atoms with Gasteiger partial charge in [-0.3, -0.25) is 0 Å². The van der Waals surface area contributed by atoms with E-state index < -0.39 is 0 Å². The van der Waals surface area contributed by atoms with Crippen LogP contribution in [0.2, 0.25) is 0 Å². The van der Waals surface area contributed by atoms with Crippen LogP contribution in [-0.4, -0.2) is 19.9 Å². The van der Waals surface area contributed by atoms with Crippen molar-refractivity contribution in [2.45, 2.75) is 13.8 Å². The Kier molecular flexibility index (Phi) is 12.1. The van der Waals surface area contributed by atoms with Crippen molar-refractivity contribution in [1.29, 1.82) is 0 Å². The van der Waals surface area contributed by atoms with Crippen LogP contribution in [0.15, 0.2) is 276 Å². The molecule has 0 saturated heterocycles. The fourth-order valence-corrected chi connectivity index (χ4v) is 10.5. The maximum Gasteiger partial charge on any atom is 0.227 e. The number of aryl methyl sites for hydroxylation is 2. The third kappa shape index (κ3) is 9.20. The van der Waals surface area contributed by atoms with E-state index in [1.807, 2.05) is 60.7 Å². The Labute approximate surface area is 463 Å². The maximum atomic E-state index is 6.14. The van der Waals surface area contributed by atoms with Gasteiger partial charge in [0.2, 0.25) is 11.8 Å². The molecule has 0 amide bonds. The number of nitrogens with zero attached hydrogens (tertiary/aromatic N) is 6. The number of hydrogen-bond acceptors (Lipinski definition) is 8. The number of aromatic nitrogens is 4. The molecule has 3 aromatic heterocycles. The quantitative estimate of drug-likeness (QED) is 0.120. The number of rotatable bonds is 12. The van der Waals surface area contributed by atoms with E-state index in [4.69, 9.17) is 28.8 Å². The predicted molar refractivity (Wildman–Crippen MR) is 326 cm³/mol. The molecule has 8 nitrogen and oxygen atoms in total. The summed E-state index contributed by atoms with van der Waals surface area (Å²) in [4.78, 5) is 25.2. The van der Waals surface area contributed by atoms with Gasteiger partial charge in [-0.05, 0) is 170 Å². The second kappa shape index (κ2) is 20.3. The molecule has 0 fully saturated rings. The fraction of sp³-hybridized carbons (Fsp3) is 0.0278. The van der Waals surface area contributed by atoms with E-state index in [0.29, 0.717) is 11.8 Å². The van der Waals surface area contributed by atoms with Gasteiger partial charge in [-0.2, -0.15) is 0 Å². The van der Waals surface area contributed by atoms with Crippen molar-refractivity contribution in [3.05, 3.63) is 278 Å². The summed E-state index contributed by atoms with van der Waals surface area (Å²) in [6.07, 6.45) is 0. The Morgan fingerprint density at radius 3 is 0.912 bits per heavy atom. The van der Waals surface area contributed by atoms with E-state index >= 15 is 0 Å². The van der Waals surface area contributed by atoms with Crippen molar-refractivity contribution < 1.29 is 8.83 Å². The minimum Gasteiger partial charge on any atom is -0.436 e. The summed E-state index contributed by atoms with van der Waals surface area (Å²) in [6.45, 7) is 4.24. The molecule has 8 heteroatoms. The van der Waals surface area contributed by atoms with Gasteiger partial charge in [0.1, 0.15) is 11.0 Å². The van der Waals surface area contributed by atoms with E-state index in [0.717, 1.165) is 123 Å². The van der Waals surface area contributed by atoms with Crippen LogP contribution >= 0.6 is 0 Å². The number of anilines is 6. The molecule has 0 aliphatic heterocycles. The lowest BCUT2D eigenvalue weighted by Crippen LogP contribution is -2.10. The Morgan fingerprint density at radius 2 is 0.562 bits per heavy atom. The average molecular weight is 1030 g/mol. The molecule has 0 aliphatic rings. The van der Waals surface area contributed by atoms with Crippen molar-refractivity contribution in [3.63, 3.8) is 0 Å². The Morgan fingerprint density at radius 1 is 0.263 bits per heavy atom. The molecule has 0 aliphatic carbocycles. The van der Waals surface area contributed by atoms with E-state index in [9.17, 15) is 0 Å². The van der Waals surface area contributed by atoms with Crippen molar-refractivity contribution in [3.8, 4) is 67.7 Å².